The number of methoxy groups -OCH3 is 1. The van der Waals surface area contributed by atoms with Crippen LogP contribution in [0.2, 0.25) is 0 Å². The summed E-state index contributed by atoms with van der Waals surface area (Å²) >= 11 is 3.44. The molecule has 0 saturated heterocycles. The maximum Gasteiger partial charge on any atom is 0.313 e. The van der Waals surface area contributed by atoms with E-state index in [9.17, 15) is 4.79 Å². The summed E-state index contributed by atoms with van der Waals surface area (Å²) in [7, 11) is 1.48. The molecule has 0 spiro atoms. The molecule has 0 aromatic heterocycles. The van der Waals surface area contributed by atoms with Crippen molar-refractivity contribution in [3.05, 3.63) is 35.4 Å². The van der Waals surface area contributed by atoms with E-state index in [-0.39, 0.29) is 11.9 Å². The fourth-order valence-corrected chi connectivity index (χ4v) is 3.21. The first-order valence-electron chi connectivity index (χ1n) is 6.49. The fraction of sp³-hybridized carbons (Fsp3) is 0.533. The highest BCUT2D eigenvalue weighted by Crippen LogP contribution is 2.38. The number of carbonyl (C=O) groups excluding carboxylic acids is 1. The average molecular weight is 311 g/mol. The molecule has 1 atom stereocenters. The van der Waals surface area contributed by atoms with E-state index in [4.69, 9.17) is 4.74 Å². The van der Waals surface area contributed by atoms with E-state index in [0.717, 1.165) is 23.7 Å². The van der Waals surface area contributed by atoms with Gasteiger partial charge in [-0.25, -0.2) is 0 Å². The number of ether oxygens (including phenoxy) is 1. The summed E-state index contributed by atoms with van der Waals surface area (Å²) < 4.78 is 4.99. The largest absolute Gasteiger partial charge is 0.469 e. The second-order valence-electron chi connectivity index (χ2n) is 4.92. The third kappa shape index (κ3) is 2.94. The van der Waals surface area contributed by atoms with Gasteiger partial charge < -0.3 is 4.74 Å². The van der Waals surface area contributed by atoms with Gasteiger partial charge in [-0.3, -0.25) is 4.79 Å². The number of esters is 1. The van der Waals surface area contributed by atoms with Crippen molar-refractivity contribution in [3.8, 4) is 0 Å². The van der Waals surface area contributed by atoms with Crippen LogP contribution in [0.15, 0.2) is 24.3 Å². The molecule has 0 bridgehead atoms. The Bertz CT molecular complexity index is 393. The lowest BCUT2D eigenvalue weighted by molar-refractivity contribution is -0.143. The van der Waals surface area contributed by atoms with E-state index in [1.165, 1.54) is 25.5 Å². The monoisotopic (exact) mass is 310 g/mol. The lowest BCUT2D eigenvalue weighted by Gasteiger charge is -2.21. The Balaban J connectivity index is 2.23. The molecule has 1 aromatic rings. The molecule has 1 aromatic carbocycles. The predicted molar refractivity (Wildman–Crippen MR) is 75.8 cm³/mol. The molecule has 0 amide bonds. The molecular weight excluding hydrogens is 292 g/mol. The van der Waals surface area contributed by atoms with Crippen molar-refractivity contribution in [1.29, 1.82) is 0 Å². The standard InChI is InChI=1S/C15H19BrO2/c1-18-15(17)14(12-4-2-3-5-12)13-8-6-11(10-16)7-9-13/h6-9,12,14H,2-5,10H2,1H3. The number of carbonyl (C=O) groups is 1. The molecule has 0 aliphatic heterocycles. The van der Waals surface area contributed by atoms with Gasteiger partial charge in [0.25, 0.3) is 0 Å². The number of alkyl halides is 1. The Hall–Kier alpha value is -0.830. The average Bonchev–Trinajstić information content (AvgIpc) is 2.93. The van der Waals surface area contributed by atoms with E-state index in [2.05, 4.69) is 40.2 Å². The molecule has 0 N–H and O–H groups in total. The number of benzene rings is 1. The SMILES string of the molecule is COC(=O)C(c1ccc(CBr)cc1)C1CCCC1. The van der Waals surface area contributed by atoms with Crippen molar-refractivity contribution >= 4 is 21.9 Å². The highest BCUT2D eigenvalue weighted by Gasteiger charge is 2.32. The maximum absolute atomic E-state index is 12.0. The van der Waals surface area contributed by atoms with E-state index >= 15 is 0 Å². The lowest BCUT2D eigenvalue weighted by atomic mass is 9.84. The van der Waals surface area contributed by atoms with Crippen LogP contribution in [0.5, 0.6) is 0 Å². The van der Waals surface area contributed by atoms with Gasteiger partial charge in [-0.1, -0.05) is 53.0 Å². The summed E-state index contributed by atoms with van der Waals surface area (Å²) in [5, 5.41) is 0.847. The summed E-state index contributed by atoms with van der Waals surface area (Å²) in [5.74, 6) is 0.280. The second kappa shape index (κ2) is 6.37. The first-order valence-corrected chi connectivity index (χ1v) is 7.61. The summed E-state index contributed by atoms with van der Waals surface area (Å²) in [6.07, 6.45) is 4.75. The van der Waals surface area contributed by atoms with Crippen molar-refractivity contribution in [2.24, 2.45) is 5.92 Å². The molecule has 1 aliphatic rings. The minimum absolute atomic E-state index is 0.0816. The Labute approximate surface area is 117 Å². The zero-order chi connectivity index (χ0) is 13.0. The van der Waals surface area contributed by atoms with Gasteiger partial charge in [0.1, 0.15) is 0 Å². The summed E-state index contributed by atoms with van der Waals surface area (Å²) in [6.45, 7) is 0. The van der Waals surface area contributed by atoms with Crippen molar-refractivity contribution < 1.29 is 9.53 Å². The zero-order valence-electron chi connectivity index (χ0n) is 10.7. The van der Waals surface area contributed by atoms with Gasteiger partial charge in [0.15, 0.2) is 0 Å². The maximum atomic E-state index is 12.0. The molecular formula is C15H19BrO2. The Morgan fingerprint density at radius 1 is 1.33 bits per heavy atom. The Kier molecular flexibility index (Phi) is 4.81. The highest BCUT2D eigenvalue weighted by molar-refractivity contribution is 9.08. The third-order valence-corrected chi connectivity index (χ3v) is 4.47. The van der Waals surface area contributed by atoms with Crippen molar-refractivity contribution in [2.75, 3.05) is 7.11 Å². The quantitative estimate of drug-likeness (QED) is 0.620. The number of halogens is 1. The predicted octanol–water partition coefficient (Wildman–Crippen LogP) is 4.03. The van der Waals surface area contributed by atoms with Crippen LogP contribution in [-0.2, 0) is 14.9 Å². The van der Waals surface area contributed by atoms with Crippen LogP contribution in [0, 0.1) is 5.92 Å². The van der Waals surface area contributed by atoms with Crippen LogP contribution in [0.4, 0.5) is 0 Å². The minimum Gasteiger partial charge on any atom is -0.469 e. The highest BCUT2D eigenvalue weighted by atomic mass is 79.9. The van der Waals surface area contributed by atoms with Gasteiger partial charge in [-0.05, 0) is 29.9 Å². The van der Waals surface area contributed by atoms with Crippen molar-refractivity contribution in [2.45, 2.75) is 36.9 Å². The van der Waals surface area contributed by atoms with Gasteiger partial charge in [0.2, 0.25) is 0 Å². The van der Waals surface area contributed by atoms with Crippen LogP contribution in [0.3, 0.4) is 0 Å². The van der Waals surface area contributed by atoms with Crippen LogP contribution in [0.1, 0.15) is 42.7 Å². The minimum atomic E-state index is -0.0894. The van der Waals surface area contributed by atoms with Gasteiger partial charge >= 0.3 is 5.97 Å². The molecule has 1 fully saturated rings. The molecule has 2 nitrogen and oxygen atoms in total. The normalized spacial score (nSPS) is 17.7. The molecule has 18 heavy (non-hydrogen) atoms. The van der Waals surface area contributed by atoms with E-state index in [1.807, 2.05) is 0 Å². The molecule has 2 rings (SSSR count). The molecule has 0 radical (unpaired) electrons. The summed E-state index contributed by atoms with van der Waals surface area (Å²) in [4.78, 5) is 12.0. The van der Waals surface area contributed by atoms with Gasteiger partial charge in [-0.2, -0.15) is 0 Å². The molecule has 1 saturated carbocycles. The number of rotatable bonds is 4. The summed E-state index contributed by atoms with van der Waals surface area (Å²) in [5.41, 5.74) is 2.33. The van der Waals surface area contributed by atoms with Crippen molar-refractivity contribution in [1.82, 2.24) is 0 Å². The summed E-state index contributed by atoms with van der Waals surface area (Å²) in [6, 6.07) is 8.29. The fourth-order valence-electron chi connectivity index (χ4n) is 2.83. The molecule has 3 heteroatoms. The molecule has 98 valence electrons. The van der Waals surface area contributed by atoms with Crippen LogP contribution < -0.4 is 0 Å². The van der Waals surface area contributed by atoms with Crippen LogP contribution in [0.25, 0.3) is 0 Å². The molecule has 1 unspecified atom stereocenters. The second-order valence-corrected chi connectivity index (χ2v) is 5.48. The smallest absolute Gasteiger partial charge is 0.313 e. The van der Waals surface area contributed by atoms with Gasteiger partial charge in [0.05, 0.1) is 13.0 Å². The van der Waals surface area contributed by atoms with E-state index in [0.29, 0.717) is 5.92 Å². The third-order valence-electron chi connectivity index (χ3n) is 3.82. The Morgan fingerprint density at radius 2 is 1.94 bits per heavy atom. The van der Waals surface area contributed by atoms with Crippen molar-refractivity contribution in [3.63, 3.8) is 0 Å². The topological polar surface area (TPSA) is 26.3 Å². The first kappa shape index (κ1) is 13.6. The first-order chi connectivity index (χ1) is 8.76. The zero-order valence-corrected chi connectivity index (χ0v) is 12.3. The Morgan fingerprint density at radius 3 is 2.44 bits per heavy atom. The van der Waals surface area contributed by atoms with Crippen LogP contribution in [-0.4, -0.2) is 13.1 Å². The van der Waals surface area contributed by atoms with Crippen LogP contribution >= 0.6 is 15.9 Å². The number of hydrogen-bond acceptors (Lipinski definition) is 2. The van der Waals surface area contributed by atoms with Gasteiger partial charge in [0, 0.05) is 5.33 Å². The lowest BCUT2D eigenvalue weighted by Crippen LogP contribution is -2.21. The van der Waals surface area contributed by atoms with Gasteiger partial charge in [-0.15, -0.1) is 0 Å². The molecule has 0 heterocycles. The molecule has 1 aliphatic carbocycles. The van der Waals surface area contributed by atoms with E-state index in [1.54, 1.807) is 0 Å². The number of hydrogen-bond donors (Lipinski definition) is 0. The van der Waals surface area contributed by atoms with E-state index < -0.39 is 0 Å².